The molecule has 32 heavy (non-hydrogen) atoms. The van der Waals surface area contributed by atoms with Gasteiger partial charge in [0.25, 0.3) is 5.91 Å². The number of ether oxygens (including phenoxy) is 1. The van der Waals surface area contributed by atoms with E-state index in [-0.39, 0.29) is 17.0 Å². The summed E-state index contributed by atoms with van der Waals surface area (Å²) in [6.45, 7) is 3.36. The van der Waals surface area contributed by atoms with Crippen LogP contribution in [0.4, 0.5) is 13.9 Å². The molecule has 0 atom stereocenters. The molecule has 1 aliphatic rings. The molecule has 0 unspecified atom stereocenters. The fraction of sp³-hybridized carbons (Fsp3) is 0.333. The number of anilines is 1. The molecule has 1 fully saturated rings. The van der Waals surface area contributed by atoms with Crippen LogP contribution in [0.15, 0.2) is 41.3 Å². The number of fused-ring (bicyclic) bond motifs is 1. The molecule has 0 spiro atoms. The number of aromatic nitrogens is 1. The van der Waals surface area contributed by atoms with Gasteiger partial charge in [0, 0.05) is 38.5 Å². The number of amides is 1. The van der Waals surface area contributed by atoms with E-state index >= 15 is 0 Å². The summed E-state index contributed by atoms with van der Waals surface area (Å²) >= 11 is 1.14. The van der Waals surface area contributed by atoms with Crippen molar-refractivity contribution >= 4 is 42.4 Å². The smallest absolute Gasteiger partial charge is 0.263 e. The molecule has 4 rings (SSSR count). The molecule has 7 nitrogen and oxygen atoms in total. The number of morpholine rings is 1. The maximum absolute atomic E-state index is 14.4. The summed E-state index contributed by atoms with van der Waals surface area (Å²) in [6, 6.07) is 7.37. The number of halogens is 2. The van der Waals surface area contributed by atoms with Gasteiger partial charge in [-0.2, -0.15) is 0 Å². The van der Waals surface area contributed by atoms with E-state index in [4.69, 9.17) is 4.74 Å². The van der Waals surface area contributed by atoms with Gasteiger partial charge in [-0.1, -0.05) is 11.3 Å². The minimum absolute atomic E-state index is 0.149. The lowest BCUT2D eigenvalue weighted by Gasteiger charge is -2.29. The van der Waals surface area contributed by atoms with Gasteiger partial charge in [-0.05, 0) is 30.3 Å². The Morgan fingerprint density at radius 1 is 1.19 bits per heavy atom. The third-order valence-electron chi connectivity index (χ3n) is 5.16. The van der Waals surface area contributed by atoms with Gasteiger partial charge in [-0.15, -0.1) is 0 Å². The molecule has 0 aliphatic carbocycles. The largest absolute Gasteiger partial charge is 0.379 e. The van der Waals surface area contributed by atoms with Gasteiger partial charge in [0.05, 0.1) is 33.9 Å². The molecule has 1 aliphatic heterocycles. The molecule has 1 saturated heterocycles. The molecule has 0 bridgehead atoms. The highest BCUT2D eigenvalue weighted by molar-refractivity contribution is 7.90. The van der Waals surface area contributed by atoms with Gasteiger partial charge in [-0.3, -0.25) is 14.6 Å². The quantitative estimate of drug-likeness (QED) is 0.539. The average Bonchev–Trinajstić information content (AvgIpc) is 3.17. The maximum atomic E-state index is 14.4. The molecule has 0 radical (unpaired) electrons. The molecule has 1 amide bonds. The molecule has 3 aromatic rings. The lowest BCUT2D eigenvalue weighted by atomic mass is 10.2. The summed E-state index contributed by atoms with van der Waals surface area (Å²) in [5.74, 6) is -2.36. The standard InChI is InChI=1S/C21H21F2N3O4S2/c1-32(28,29)15-3-5-18-19(13-15)31-21(24-18)26(7-6-25-8-10-30-11-9-25)20(27)16-4-2-14(22)12-17(16)23/h2-5,12-13H,6-11H2,1H3. The summed E-state index contributed by atoms with van der Waals surface area (Å²) in [4.78, 5) is 21.4. The summed E-state index contributed by atoms with van der Waals surface area (Å²) in [7, 11) is -3.40. The minimum Gasteiger partial charge on any atom is -0.379 e. The van der Waals surface area contributed by atoms with Crippen LogP contribution in [-0.2, 0) is 14.6 Å². The van der Waals surface area contributed by atoms with Crippen LogP contribution in [0, 0.1) is 11.6 Å². The van der Waals surface area contributed by atoms with Crippen LogP contribution in [0.1, 0.15) is 10.4 Å². The Hall–Kier alpha value is -2.47. The van der Waals surface area contributed by atoms with E-state index in [9.17, 15) is 22.0 Å². The Kier molecular flexibility index (Phi) is 6.52. The van der Waals surface area contributed by atoms with E-state index in [0.29, 0.717) is 54.3 Å². The highest BCUT2D eigenvalue weighted by Gasteiger charge is 2.25. The third kappa shape index (κ3) is 4.96. The first kappa shape index (κ1) is 22.7. The molecule has 11 heteroatoms. The van der Waals surface area contributed by atoms with Gasteiger partial charge < -0.3 is 4.74 Å². The van der Waals surface area contributed by atoms with Gasteiger partial charge in [0.15, 0.2) is 15.0 Å². The lowest BCUT2D eigenvalue weighted by molar-refractivity contribution is 0.0391. The highest BCUT2D eigenvalue weighted by Crippen LogP contribution is 2.31. The fourth-order valence-electron chi connectivity index (χ4n) is 3.40. The summed E-state index contributed by atoms with van der Waals surface area (Å²) in [5.41, 5.74) is 0.269. The van der Waals surface area contributed by atoms with Crippen molar-refractivity contribution in [3.05, 3.63) is 53.6 Å². The van der Waals surface area contributed by atoms with Crippen molar-refractivity contribution in [1.82, 2.24) is 9.88 Å². The highest BCUT2D eigenvalue weighted by atomic mass is 32.2. The van der Waals surface area contributed by atoms with Crippen molar-refractivity contribution in [3.8, 4) is 0 Å². The first-order valence-corrected chi connectivity index (χ1v) is 12.6. The number of nitrogens with zero attached hydrogens (tertiary/aromatic N) is 3. The van der Waals surface area contributed by atoms with Gasteiger partial charge in [0.2, 0.25) is 0 Å². The van der Waals surface area contributed by atoms with Crippen molar-refractivity contribution in [2.24, 2.45) is 0 Å². The number of carbonyl (C=O) groups excluding carboxylic acids is 1. The Labute approximate surface area is 188 Å². The van der Waals surface area contributed by atoms with Crippen LogP contribution < -0.4 is 4.90 Å². The molecule has 2 heterocycles. The Balaban J connectivity index is 1.69. The first-order valence-electron chi connectivity index (χ1n) is 9.90. The van der Waals surface area contributed by atoms with E-state index in [1.54, 1.807) is 6.07 Å². The van der Waals surface area contributed by atoms with Crippen LogP contribution in [0.3, 0.4) is 0 Å². The molecular weight excluding hydrogens is 460 g/mol. The number of benzene rings is 2. The molecule has 0 saturated carbocycles. The lowest BCUT2D eigenvalue weighted by Crippen LogP contribution is -2.43. The zero-order chi connectivity index (χ0) is 22.9. The zero-order valence-electron chi connectivity index (χ0n) is 17.3. The van der Waals surface area contributed by atoms with Gasteiger partial charge in [-0.25, -0.2) is 22.2 Å². The second-order valence-corrected chi connectivity index (χ2v) is 10.5. The number of carbonyl (C=O) groups is 1. The van der Waals surface area contributed by atoms with Crippen molar-refractivity contribution in [2.45, 2.75) is 4.90 Å². The van der Waals surface area contributed by atoms with Crippen LogP contribution in [-0.4, -0.2) is 69.9 Å². The summed E-state index contributed by atoms with van der Waals surface area (Å²) in [6.07, 6.45) is 1.12. The van der Waals surface area contributed by atoms with Crippen LogP contribution in [0.25, 0.3) is 10.2 Å². The minimum atomic E-state index is -3.40. The van der Waals surface area contributed by atoms with Crippen molar-refractivity contribution < 1.29 is 26.7 Å². The molecular formula is C21H21F2N3O4S2. The Morgan fingerprint density at radius 3 is 2.62 bits per heavy atom. The number of hydrogen-bond acceptors (Lipinski definition) is 7. The van der Waals surface area contributed by atoms with Gasteiger partial charge in [0.1, 0.15) is 11.6 Å². The second kappa shape index (κ2) is 9.18. The monoisotopic (exact) mass is 481 g/mol. The van der Waals surface area contributed by atoms with Crippen molar-refractivity contribution in [2.75, 3.05) is 50.5 Å². The molecule has 2 aromatic carbocycles. The van der Waals surface area contributed by atoms with Crippen LogP contribution in [0.5, 0.6) is 0 Å². The molecule has 1 aromatic heterocycles. The van der Waals surface area contributed by atoms with E-state index in [1.165, 1.54) is 17.0 Å². The number of hydrogen-bond donors (Lipinski definition) is 0. The number of rotatable bonds is 6. The normalized spacial score (nSPS) is 15.2. The first-order chi connectivity index (χ1) is 15.2. The summed E-state index contributed by atoms with van der Waals surface area (Å²) in [5, 5.41) is 0.313. The van der Waals surface area contributed by atoms with E-state index in [1.807, 2.05) is 0 Å². The van der Waals surface area contributed by atoms with Gasteiger partial charge >= 0.3 is 0 Å². The number of sulfone groups is 1. The van der Waals surface area contributed by atoms with Crippen LogP contribution >= 0.6 is 11.3 Å². The maximum Gasteiger partial charge on any atom is 0.263 e. The predicted molar refractivity (Wildman–Crippen MR) is 118 cm³/mol. The van der Waals surface area contributed by atoms with Crippen molar-refractivity contribution in [1.29, 1.82) is 0 Å². The van der Waals surface area contributed by atoms with Crippen LogP contribution in [0.2, 0.25) is 0 Å². The van der Waals surface area contributed by atoms with E-state index < -0.39 is 27.4 Å². The fourth-order valence-corrected chi connectivity index (χ4v) is 5.15. The SMILES string of the molecule is CS(=O)(=O)c1ccc2nc(N(CCN3CCOCC3)C(=O)c3ccc(F)cc3F)sc2c1. The second-order valence-electron chi connectivity index (χ2n) is 7.43. The summed E-state index contributed by atoms with van der Waals surface area (Å²) < 4.78 is 57.4. The van der Waals surface area contributed by atoms with Crippen molar-refractivity contribution in [3.63, 3.8) is 0 Å². The molecule has 170 valence electrons. The third-order valence-corrected chi connectivity index (χ3v) is 7.31. The Bertz CT molecular complexity index is 1260. The van der Waals surface area contributed by atoms with E-state index in [0.717, 1.165) is 29.7 Å². The Morgan fingerprint density at radius 2 is 1.94 bits per heavy atom. The predicted octanol–water partition coefficient (Wildman–Crippen LogP) is 2.96. The average molecular weight is 482 g/mol. The zero-order valence-corrected chi connectivity index (χ0v) is 18.9. The van der Waals surface area contributed by atoms with E-state index in [2.05, 4.69) is 9.88 Å². The number of thiazole rings is 1. The topological polar surface area (TPSA) is 79.8 Å². The molecule has 0 N–H and O–H groups in total.